The molecule has 1 aromatic carbocycles. The number of amides is 1. The summed E-state index contributed by atoms with van der Waals surface area (Å²) in [5, 5.41) is 3.73. The molecule has 27 heavy (non-hydrogen) atoms. The molecule has 0 unspecified atom stereocenters. The van der Waals surface area contributed by atoms with Crippen molar-refractivity contribution in [1.82, 2.24) is 9.97 Å². The summed E-state index contributed by atoms with van der Waals surface area (Å²) in [4.78, 5) is 21.2. The molecule has 0 aliphatic rings. The second-order valence-corrected chi connectivity index (χ2v) is 8.08. The predicted octanol–water partition coefficient (Wildman–Crippen LogP) is 5.79. The van der Waals surface area contributed by atoms with Crippen molar-refractivity contribution >= 4 is 54.1 Å². The number of nitrogens with one attached hydrogen (secondary N) is 1. The highest BCUT2D eigenvalue weighted by Gasteiger charge is 2.33. The average molecular weight is 407 g/mol. The number of aromatic nitrogens is 2. The predicted molar refractivity (Wildman–Crippen MR) is 102 cm³/mol. The molecule has 4 aromatic rings. The van der Waals surface area contributed by atoms with E-state index < -0.39 is 17.8 Å². The molecule has 0 saturated carbocycles. The van der Waals surface area contributed by atoms with E-state index >= 15 is 0 Å². The van der Waals surface area contributed by atoms with E-state index in [1.165, 1.54) is 17.4 Å². The smallest absolute Gasteiger partial charge is 0.297 e. The van der Waals surface area contributed by atoms with Crippen LogP contribution in [0.15, 0.2) is 30.3 Å². The Balaban J connectivity index is 1.68. The molecular formula is C18H12F3N3OS2. The zero-order valence-corrected chi connectivity index (χ0v) is 15.8. The van der Waals surface area contributed by atoms with E-state index in [0.717, 1.165) is 33.2 Å². The van der Waals surface area contributed by atoms with Crippen LogP contribution in [0.3, 0.4) is 0 Å². The van der Waals surface area contributed by atoms with E-state index in [4.69, 9.17) is 0 Å². The summed E-state index contributed by atoms with van der Waals surface area (Å²) >= 11 is 2.29. The van der Waals surface area contributed by atoms with Crippen LogP contribution in [0, 0.1) is 13.8 Å². The fourth-order valence-electron chi connectivity index (χ4n) is 2.71. The Morgan fingerprint density at radius 3 is 2.59 bits per heavy atom. The van der Waals surface area contributed by atoms with E-state index in [-0.39, 0.29) is 4.83 Å². The van der Waals surface area contributed by atoms with Gasteiger partial charge in [0.05, 0.1) is 15.1 Å². The van der Waals surface area contributed by atoms with Gasteiger partial charge in [-0.05, 0) is 49.2 Å². The van der Waals surface area contributed by atoms with E-state index in [1.807, 2.05) is 25.1 Å². The van der Waals surface area contributed by atoms with Crippen LogP contribution < -0.4 is 5.32 Å². The number of thiophene rings is 1. The fraction of sp³-hybridized carbons (Fsp3) is 0.167. The molecule has 0 radical (unpaired) electrons. The molecule has 0 bridgehead atoms. The van der Waals surface area contributed by atoms with Crippen LogP contribution in [0.25, 0.3) is 20.4 Å². The second-order valence-electron chi connectivity index (χ2n) is 6.05. The number of alkyl halides is 3. The summed E-state index contributed by atoms with van der Waals surface area (Å²) in [5.41, 5.74) is 1.51. The summed E-state index contributed by atoms with van der Waals surface area (Å²) < 4.78 is 39.5. The number of aryl methyl sites for hydroxylation is 2. The third-order valence-electron chi connectivity index (χ3n) is 4.06. The molecule has 3 aromatic heterocycles. The molecule has 0 aliphatic carbocycles. The fourth-order valence-corrected chi connectivity index (χ4v) is 4.75. The van der Waals surface area contributed by atoms with E-state index in [2.05, 4.69) is 15.3 Å². The number of fused-ring (bicyclic) bond motifs is 2. The molecule has 0 fully saturated rings. The first-order chi connectivity index (χ1) is 12.7. The van der Waals surface area contributed by atoms with E-state index in [1.54, 1.807) is 6.92 Å². The normalized spacial score (nSPS) is 12.0. The molecule has 1 N–H and O–H groups in total. The van der Waals surface area contributed by atoms with Crippen molar-refractivity contribution in [1.29, 1.82) is 0 Å². The summed E-state index contributed by atoms with van der Waals surface area (Å²) in [5.74, 6) is -0.403. The van der Waals surface area contributed by atoms with Crippen molar-refractivity contribution in [2.75, 3.05) is 5.32 Å². The lowest BCUT2D eigenvalue weighted by molar-refractivity contribution is -0.140. The molecule has 1 amide bonds. The Kier molecular flexibility index (Phi) is 4.15. The lowest BCUT2D eigenvalue weighted by atomic mass is 10.2. The minimum Gasteiger partial charge on any atom is -0.297 e. The van der Waals surface area contributed by atoms with Gasteiger partial charge in [-0.3, -0.25) is 10.1 Å². The summed E-state index contributed by atoms with van der Waals surface area (Å²) in [7, 11) is 0. The highest BCUT2D eigenvalue weighted by Crippen LogP contribution is 2.35. The number of benzene rings is 1. The number of carbonyl (C=O) groups is 1. The van der Waals surface area contributed by atoms with Crippen molar-refractivity contribution in [3.8, 4) is 0 Å². The minimum atomic E-state index is -4.52. The number of hydrogen-bond donors (Lipinski definition) is 1. The van der Waals surface area contributed by atoms with Gasteiger partial charge in [0.1, 0.15) is 10.5 Å². The van der Waals surface area contributed by atoms with E-state index in [0.29, 0.717) is 21.0 Å². The van der Waals surface area contributed by atoms with Crippen LogP contribution in [0.1, 0.15) is 26.5 Å². The van der Waals surface area contributed by atoms with Gasteiger partial charge < -0.3 is 0 Å². The van der Waals surface area contributed by atoms with Gasteiger partial charge in [0.2, 0.25) is 0 Å². The monoisotopic (exact) mass is 407 g/mol. The van der Waals surface area contributed by atoms with Crippen molar-refractivity contribution < 1.29 is 18.0 Å². The Hall–Kier alpha value is -2.52. The topological polar surface area (TPSA) is 54.9 Å². The third-order valence-corrected chi connectivity index (χ3v) is 6.20. The number of pyridine rings is 1. The summed E-state index contributed by atoms with van der Waals surface area (Å²) in [6, 6.07) is 8.08. The number of thiazole rings is 1. The Morgan fingerprint density at radius 1 is 1.07 bits per heavy atom. The largest absolute Gasteiger partial charge is 0.433 e. The van der Waals surface area contributed by atoms with E-state index in [9.17, 15) is 18.0 Å². The van der Waals surface area contributed by atoms with Crippen LogP contribution >= 0.6 is 22.7 Å². The minimum absolute atomic E-state index is 0.187. The molecule has 0 aliphatic heterocycles. The summed E-state index contributed by atoms with van der Waals surface area (Å²) in [6.07, 6.45) is -4.52. The maximum absolute atomic E-state index is 12.9. The highest BCUT2D eigenvalue weighted by molar-refractivity contribution is 7.23. The van der Waals surface area contributed by atoms with Crippen LogP contribution in [0.5, 0.6) is 0 Å². The van der Waals surface area contributed by atoms with Crippen molar-refractivity contribution in [3.05, 3.63) is 52.0 Å². The lowest BCUT2D eigenvalue weighted by Gasteiger charge is -2.04. The van der Waals surface area contributed by atoms with Crippen LogP contribution in [0.4, 0.5) is 18.3 Å². The zero-order valence-electron chi connectivity index (χ0n) is 14.1. The molecule has 138 valence electrons. The second kappa shape index (κ2) is 6.28. The number of anilines is 1. The maximum atomic E-state index is 12.9. The van der Waals surface area contributed by atoms with Crippen molar-refractivity contribution in [2.45, 2.75) is 20.0 Å². The van der Waals surface area contributed by atoms with Crippen LogP contribution in [-0.4, -0.2) is 15.9 Å². The van der Waals surface area contributed by atoms with Crippen molar-refractivity contribution in [2.24, 2.45) is 0 Å². The number of nitrogens with zero attached hydrogens (tertiary/aromatic N) is 2. The first kappa shape index (κ1) is 17.9. The molecule has 4 nitrogen and oxygen atoms in total. The number of rotatable bonds is 2. The number of hydrogen-bond acceptors (Lipinski definition) is 5. The molecule has 0 atom stereocenters. The molecule has 3 heterocycles. The van der Waals surface area contributed by atoms with Crippen LogP contribution in [-0.2, 0) is 6.18 Å². The van der Waals surface area contributed by atoms with Gasteiger partial charge in [-0.25, -0.2) is 9.97 Å². The number of carbonyl (C=O) groups excluding carboxylic acids is 1. The standard InChI is InChI=1S/C18H12F3N3OS2/c1-8-3-5-11-12(7-8)26-17(22-11)24-15(25)14-9(2)10-4-6-13(18(19,20)21)23-16(10)27-14/h3-7H,1-2H3,(H,22,24,25). The van der Waals surface area contributed by atoms with Crippen LogP contribution in [0.2, 0.25) is 0 Å². The average Bonchev–Trinajstić information content (AvgIpc) is 3.14. The molecular weight excluding hydrogens is 395 g/mol. The van der Waals surface area contributed by atoms with Gasteiger partial charge >= 0.3 is 6.18 Å². The highest BCUT2D eigenvalue weighted by atomic mass is 32.1. The first-order valence-electron chi connectivity index (χ1n) is 7.88. The SMILES string of the molecule is Cc1ccc2nc(NC(=O)c3sc4nc(C(F)(F)F)ccc4c3C)sc2c1. The van der Waals surface area contributed by atoms with Crippen molar-refractivity contribution in [3.63, 3.8) is 0 Å². The Labute approximate surface area is 159 Å². The first-order valence-corrected chi connectivity index (χ1v) is 9.51. The van der Waals surface area contributed by atoms with Gasteiger partial charge in [0, 0.05) is 5.39 Å². The van der Waals surface area contributed by atoms with Gasteiger partial charge in [0.15, 0.2) is 5.13 Å². The number of halogens is 3. The third kappa shape index (κ3) is 3.28. The zero-order chi connectivity index (χ0) is 19.3. The molecule has 0 saturated heterocycles. The van der Waals surface area contributed by atoms with Gasteiger partial charge in [-0.15, -0.1) is 11.3 Å². The quantitative estimate of drug-likeness (QED) is 0.457. The summed E-state index contributed by atoms with van der Waals surface area (Å²) in [6.45, 7) is 3.67. The van der Waals surface area contributed by atoms with Gasteiger partial charge in [-0.2, -0.15) is 13.2 Å². The molecule has 9 heteroatoms. The lowest BCUT2D eigenvalue weighted by Crippen LogP contribution is -2.10. The Morgan fingerprint density at radius 2 is 1.85 bits per heavy atom. The molecule has 4 rings (SSSR count). The Bertz CT molecular complexity index is 1190. The maximum Gasteiger partial charge on any atom is 0.433 e. The molecule has 0 spiro atoms. The van der Waals surface area contributed by atoms with Gasteiger partial charge in [0.25, 0.3) is 5.91 Å². The van der Waals surface area contributed by atoms with Gasteiger partial charge in [-0.1, -0.05) is 17.4 Å².